The molecule has 0 bridgehead atoms. The molecule has 2 rings (SSSR count). The van der Waals surface area contributed by atoms with E-state index in [9.17, 15) is 0 Å². The molecule has 1 aliphatic heterocycles. The van der Waals surface area contributed by atoms with Crippen LogP contribution in [0.25, 0.3) is 0 Å². The summed E-state index contributed by atoms with van der Waals surface area (Å²) < 4.78 is 5.10. The van der Waals surface area contributed by atoms with Crippen molar-refractivity contribution in [3.63, 3.8) is 0 Å². The van der Waals surface area contributed by atoms with E-state index in [1.807, 2.05) is 0 Å². The fourth-order valence-corrected chi connectivity index (χ4v) is 3.81. The molecule has 0 amide bonds. The zero-order valence-electron chi connectivity index (χ0n) is 17.3. The second-order valence-corrected chi connectivity index (χ2v) is 7.52. The molecule has 0 spiro atoms. The minimum atomic E-state index is 0. The highest BCUT2D eigenvalue weighted by molar-refractivity contribution is 14.0. The first-order chi connectivity index (χ1) is 12.6. The summed E-state index contributed by atoms with van der Waals surface area (Å²) in [7, 11) is 1.71. The second kappa shape index (κ2) is 13.3. The van der Waals surface area contributed by atoms with Gasteiger partial charge >= 0.3 is 0 Å². The van der Waals surface area contributed by atoms with Gasteiger partial charge in [-0.1, -0.05) is 38.1 Å². The van der Waals surface area contributed by atoms with E-state index >= 15 is 0 Å². The molecule has 0 saturated carbocycles. The van der Waals surface area contributed by atoms with E-state index in [1.165, 1.54) is 30.6 Å². The normalized spacial score (nSPS) is 20.8. The van der Waals surface area contributed by atoms with Crippen LogP contribution in [0.4, 0.5) is 0 Å². The van der Waals surface area contributed by atoms with E-state index in [4.69, 9.17) is 9.73 Å². The van der Waals surface area contributed by atoms with E-state index in [2.05, 4.69) is 60.6 Å². The highest BCUT2D eigenvalue weighted by Crippen LogP contribution is 2.23. The first-order valence-electron chi connectivity index (χ1n) is 9.92. The van der Waals surface area contributed by atoms with Gasteiger partial charge in [-0.2, -0.15) is 0 Å². The van der Waals surface area contributed by atoms with Crippen LogP contribution in [0, 0.1) is 11.8 Å². The summed E-state index contributed by atoms with van der Waals surface area (Å²) in [6.07, 6.45) is 1.35. The Hall–Kier alpha value is -0.860. The van der Waals surface area contributed by atoms with Crippen molar-refractivity contribution < 1.29 is 4.74 Å². The number of guanidine groups is 1. The molecule has 1 aromatic rings. The average molecular weight is 488 g/mol. The number of rotatable bonds is 8. The Morgan fingerprint density at radius 3 is 2.44 bits per heavy atom. The number of aliphatic imine (C=N–C) groups is 1. The largest absolute Gasteiger partial charge is 0.383 e. The number of likely N-dealkylation sites (tertiary alicyclic amines) is 1. The van der Waals surface area contributed by atoms with Crippen LogP contribution in [-0.2, 0) is 17.8 Å². The molecule has 6 heteroatoms. The topological polar surface area (TPSA) is 48.9 Å². The van der Waals surface area contributed by atoms with Crippen LogP contribution in [0.15, 0.2) is 29.3 Å². The molecule has 5 nitrogen and oxygen atoms in total. The molecule has 2 N–H and O–H groups in total. The van der Waals surface area contributed by atoms with Crippen molar-refractivity contribution in [2.75, 3.05) is 39.9 Å². The summed E-state index contributed by atoms with van der Waals surface area (Å²) in [6, 6.07) is 8.71. The number of halogens is 1. The number of piperidine rings is 1. The maximum absolute atomic E-state index is 5.10. The third-order valence-corrected chi connectivity index (χ3v) is 4.81. The van der Waals surface area contributed by atoms with E-state index in [-0.39, 0.29) is 24.0 Å². The third kappa shape index (κ3) is 8.79. The molecular formula is C21H37IN4O. The molecule has 154 valence electrons. The van der Waals surface area contributed by atoms with Gasteiger partial charge in [0.2, 0.25) is 0 Å². The quantitative estimate of drug-likeness (QED) is 0.255. The van der Waals surface area contributed by atoms with Crippen molar-refractivity contribution in [1.29, 1.82) is 0 Å². The van der Waals surface area contributed by atoms with E-state index < -0.39 is 0 Å². The van der Waals surface area contributed by atoms with Gasteiger partial charge in [0.25, 0.3) is 0 Å². The second-order valence-electron chi connectivity index (χ2n) is 7.52. The van der Waals surface area contributed by atoms with Crippen LogP contribution in [0.3, 0.4) is 0 Å². The first kappa shape index (κ1) is 24.2. The number of ether oxygens (including phenoxy) is 1. The Balaban J connectivity index is 0.00000364. The predicted octanol–water partition coefficient (Wildman–Crippen LogP) is 3.48. The number of methoxy groups -OCH3 is 1. The van der Waals surface area contributed by atoms with Crippen molar-refractivity contribution in [1.82, 2.24) is 15.5 Å². The van der Waals surface area contributed by atoms with Gasteiger partial charge in [-0.15, -0.1) is 24.0 Å². The van der Waals surface area contributed by atoms with Crippen LogP contribution in [-0.4, -0.2) is 50.8 Å². The van der Waals surface area contributed by atoms with E-state index in [0.29, 0.717) is 13.2 Å². The lowest BCUT2D eigenvalue weighted by Crippen LogP contribution is -2.39. The predicted molar refractivity (Wildman–Crippen MR) is 125 cm³/mol. The van der Waals surface area contributed by atoms with Gasteiger partial charge < -0.3 is 15.4 Å². The van der Waals surface area contributed by atoms with Crippen molar-refractivity contribution in [2.45, 2.75) is 40.3 Å². The molecule has 2 atom stereocenters. The van der Waals surface area contributed by atoms with Gasteiger partial charge in [0, 0.05) is 39.8 Å². The Labute approximate surface area is 182 Å². The highest BCUT2D eigenvalue weighted by atomic mass is 127. The fraction of sp³-hybridized carbons (Fsp3) is 0.667. The third-order valence-electron chi connectivity index (χ3n) is 4.81. The lowest BCUT2D eigenvalue weighted by atomic mass is 9.91. The summed E-state index contributed by atoms with van der Waals surface area (Å²) in [5.41, 5.74) is 2.70. The Morgan fingerprint density at radius 1 is 1.15 bits per heavy atom. The molecule has 0 aliphatic carbocycles. The molecule has 1 aliphatic rings. The zero-order chi connectivity index (χ0) is 18.8. The van der Waals surface area contributed by atoms with Gasteiger partial charge in [0.15, 0.2) is 5.96 Å². The number of benzene rings is 1. The molecule has 1 saturated heterocycles. The minimum Gasteiger partial charge on any atom is -0.383 e. The number of hydrogen-bond donors (Lipinski definition) is 2. The van der Waals surface area contributed by atoms with E-state index in [0.717, 1.165) is 37.4 Å². The molecule has 0 aromatic heterocycles. The molecule has 0 radical (unpaired) electrons. The van der Waals surface area contributed by atoms with Crippen LogP contribution >= 0.6 is 24.0 Å². The summed E-state index contributed by atoms with van der Waals surface area (Å²) >= 11 is 0. The van der Waals surface area contributed by atoms with Gasteiger partial charge in [-0.05, 0) is 36.3 Å². The number of nitrogens with zero attached hydrogens (tertiary/aromatic N) is 2. The van der Waals surface area contributed by atoms with Gasteiger partial charge in [0.05, 0.1) is 13.2 Å². The SMILES string of the molecule is CCNC(=NCc1ccccc1CN1CC(C)CC(C)C1)NCCOC.I. The van der Waals surface area contributed by atoms with Crippen molar-refractivity contribution in [3.8, 4) is 0 Å². The van der Waals surface area contributed by atoms with Crippen LogP contribution in [0.5, 0.6) is 0 Å². The Bertz CT molecular complexity index is 557. The van der Waals surface area contributed by atoms with Crippen LogP contribution in [0.1, 0.15) is 38.3 Å². The monoisotopic (exact) mass is 488 g/mol. The summed E-state index contributed by atoms with van der Waals surface area (Å²) in [4.78, 5) is 7.36. The van der Waals surface area contributed by atoms with Crippen molar-refractivity contribution >= 4 is 29.9 Å². The van der Waals surface area contributed by atoms with Crippen LogP contribution < -0.4 is 10.6 Å². The summed E-state index contributed by atoms with van der Waals surface area (Å²) in [6.45, 7) is 13.2. The maximum atomic E-state index is 5.10. The number of nitrogens with one attached hydrogen (secondary N) is 2. The zero-order valence-corrected chi connectivity index (χ0v) is 19.7. The van der Waals surface area contributed by atoms with Crippen molar-refractivity contribution in [3.05, 3.63) is 35.4 Å². The first-order valence-corrected chi connectivity index (χ1v) is 9.92. The lowest BCUT2D eigenvalue weighted by molar-refractivity contribution is 0.134. The number of hydrogen-bond acceptors (Lipinski definition) is 3. The summed E-state index contributed by atoms with van der Waals surface area (Å²) in [5.74, 6) is 2.42. The molecule has 27 heavy (non-hydrogen) atoms. The fourth-order valence-electron chi connectivity index (χ4n) is 3.81. The molecule has 1 heterocycles. The van der Waals surface area contributed by atoms with Crippen molar-refractivity contribution in [2.24, 2.45) is 16.8 Å². The minimum absolute atomic E-state index is 0. The summed E-state index contributed by atoms with van der Waals surface area (Å²) in [5, 5.41) is 6.60. The smallest absolute Gasteiger partial charge is 0.191 e. The Morgan fingerprint density at radius 2 is 1.81 bits per heavy atom. The van der Waals surface area contributed by atoms with Gasteiger partial charge in [-0.3, -0.25) is 4.90 Å². The Kier molecular flexibility index (Phi) is 11.9. The molecule has 1 aromatic carbocycles. The van der Waals surface area contributed by atoms with E-state index in [1.54, 1.807) is 7.11 Å². The van der Waals surface area contributed by atoms with Gasteiger partial charge in [-0.25, -0.2) is 4.99 Å². The van der Waals surface area contributed by atoms with Crippen LogP contribution in [0.2, 0.25) is 0 Å². The molecule has 1 fully saturated rings. The molecule has 2 unspecified atom stereocenters. The lowest BCUT2D eigenvalue weighted by Gasteiger charge is -2.35. The average Bonchev–Trinajstić information content (AvgIpc) is 2.60. The standard InChI is InChI=1S/C21H36N4O.HI/c1-5-22-21(23-10-11-26-4)24-13-19-8-6-7-9-20(19)16-25-14-17(2)12-18(3)15-25;/h6-9,17-18H,5,10-16H2,1-4H3,(H2,22,23,24);1H. The van der Waals surface area contributed by atoms with Gasteiger partial charge in [0.1, 0.15) is 0 Å². The highest BCUT2D eigenvalue weighted by Gasteiger charge is 2.22. The maximum Gasteiger partial charge on any atom is 0.191 e. The molecular weight excluding hydrogens is 451 g/mol.